The normalized spacial score (nSPS) is 20.9. The number of carbonyl (C=O) groups excluding carboxylic acids is 2. The van der Waals surface area contributed by atoms with Crippen LogP contribution in [0.15, 0.2) is 29.8 Å². The Kier molecular flexibility index (Phi) is 7.54. The SMILES string of the molecule is CCCC(CCC)C(=O)OCC1(CO)C/C(=C\c2ccc(F)cc2)C(=O)O1. The molecule has 1 aliphatic heterocycles. The second kappa shape index (κ2) is 9.65. The molecule has 0 saturated carbocycles. The van der Waals surface area contributed by atoms with Crippen LogP contribution in [-0.4, -0.2) is 35.9 Å². The lowest BCUT2D eigenvalue weighted by molar-refractivity contribution is -0.169. The van der Waals surface area contributed by atoms with Gasteiger partial charge in [-0.25, -0.2) is 9.18 Å². The minimum Gasteiger partial charge on any atom is -0.461 e. The second-order valence-electron chi connectivity index (χ2n) is 7.01. The maximum absolute atomic E-state index is 13.0. The van der Waals surface area contributed by atoms with Crippen molar-refractivity contribution in [3.8, 4) is 0 Å². The lowest BCUT2D eigenvalue weighted by Gasteiger charge is -2.25. The summed E-state index contributed by atoms with van der Waals surface area (Å²) in [6, 6.07) is 5.70. The van der Waals surface area contributed by atoms with Crippen LogP contribution in [0.4, 0.5) is 4.39 Å². The summed E-state index contributed by atoms with van der Waals surface area (Å²) in [6.45, 7) is 3.39. The van der Waals surface area contributed by atoms with Crippen molar-refractivity contribution >= 4 is 18.0 Å². The monoisotopic (exact) mass is 378 g/mol. The summed E-state index contributed by atoms with van der Waals surface area (Å²) in [5.41, 5.74) is -0.257. The fourth-order valence-corrected chi connectivity index (χ4v) is 3.20. The number of ether oxygens (including phenoxy) is 2. The molecule has 6 heteroatoms. The van der Waals surface area contributed by atoms with Gasteiger partial charge in [-0.15, -0.1) is 0 Å². The van der Waals surface area contributed by atoms with E-state index in [1.54, 1.807) is 18.2 Å². The molecule has 0 spiro atoms. The summed E-state index contributed by atoms with van der Waals surface area (Å²) in [6.07, 6.45) is 4.97. The highest BCUT2D eigenvalue weighted by Gasteiger charge is 2.44. The van der Waals surface area contributed by atoms with Crippen LogP contribution < -0.4 is 0 Å². The standard InChI is InChI=1S/C21H27FO5/c1-3-5-16(6-4-2)19(24)26-14-21(13-23)12-17(20(25)27-21)11-15-7-9-18(22)10-8-15/h7-11,16,23H,3-6,12-14H2,1-2H3/b17-11+. The Morgan fingerprint density at radius 3 is 2.48 bits per heavy atom. The Morgan fingerprint density at radius 1 is 1.30 bits per heavy atom. The zero-order valence-electron chi connectivity index (χ0n) is 15.9. The predicted octanol–water partition coefficient (Wildman–Crippen LogP) is 3.65. The van der Waals surface area contributed by atoms with Crippen molar-refractivity contribution in [1.29, 1.82) is 0 Å². The molecule has 1 saturated heterocycles. The summed E-state index contributed by atoms with van der Waals surface area (Å²) in [4.78, 5) is 24.5. The largest absolute Gasteiger partial charge is 0.461 e. The Hall–Kier alpha value is -2.21. The Labute approximate surface area is 159 Å². The Morgan fingerprint density at radius 2 is 1.93 bits per heavy atom. The highest BCUT2D eigenvalue weighted by molar-refractivity contribution is 5.96. The van der Waals surface area contributed by atoms with E-state index in [0.29, 0.717) is 11.1 Å². The minimum atomic E-state index is -1.26. The molecule has 27 heavy (non-hydrogen) atoms. The third kappa shape index (κ3) is 5.63. The first-order valence-corrected chi connectivity index (χ1v) is 9.40. The Balaban J connectivity index is 2.05. The summed E-state index contributed by atoms with van der Waals surface area (Å²) in [5.74, 6) is -1.43. The first-order chi connectivity index (χ1) is 12.9. The molecule has 1 fully saturated rings. The summed E-state index contributed by atoms with van der Waals surface area (Å²) >= 11 is 0. The average molecular weight is 378 g/mol. The number of cyclic esters (lactones) is 1. The van der Waals surface area contributed by atoms with Crippen LogP contribution in [-0.2, 0) is 19.1 Å². The number of rotatable bonds is 9. The molecule has 1 aromatic rings. The molecule has 1 aromatic carbocycles. The van der Waals surface area contributed by atoms with Crippen molar-refractivity contribution in [2.75, 3.05) is 13.2 Å². The third-order valence-electron chi connectivity index (χ3n) is 4.67. The van der Waals surface area contributed by atoms with Crippen LogP contribution in [0.1, 0.15) is 51.5 Å². The maximum Gasteiger partial charge on any atom is 0.334 e. The van der Waals surface area contributed by atoms with Crippen LogP contribution in [0, 0.1) is 11.7 Å². The van der Waals surface area contributed by atoms with Gasteiger partial charge in [-0.3, -0.25) is 4.79 Å². The average Bonchev–Trinajstić information content (AvgIpc) is 2.97. The van der Waals surface area contributed by atoms with Gasteiger partial charge in [-0.1, -0.05) is 38.8 Å². The molecule has 1 heterocycles. The first-order valence-electron chi connectivity index (χ1n) is 9.40. The Bertz CT molecular complexity index is 676. The van der Waals surface area contributed by atoms with Crippen molar-refractivity contribution in [2.45, 2.75) is 51.6 Å². The zero-order valence-corrected chi connectivity index (χ0v) is 15.9. The lowest BCUT2D eigenvalue weighted by atomic mass is 9.97. The number of halogens is 1. The summed E-state index contributed by atoms with van der Waals surface area (Å²) < 4.78 is 23.8. The smallest absolute Gasteiger partial charge is 0.334 e. The number of hydrogen-bond acceptors (Lipinski definition) is 5. The molecule has 0 aliphatic carbocycles. The summed E-state index contributed by atoms with van der Waals surface area (Å²) in [5, 5.41) is 9.77. The molecule has 0 aromatic heterocycles. The molecule has 1 unspecified atom stereocenters. The van der Waals surface area contributed by atoms with E-state index < -0.39 is 18.2 Å². The van der Waals surface area contributed by atoms with Crippen molar-refractivity contribution in [3.63, 3.8) is 0 Å². The maximum atomic E-state index is 13.0. The van der Waals surface area contributed by atoms with Crippen molar-refractivity contribution < 1.29 is 28.6 Å². The number of aliphatic hydroxyl groups is 1. The molecule has 1 atom stereocenters. The first kappa shape index (κ1) is 21.1. The topological polar surface area (TPSA) is 72.8 Å². The van der Waals surface area contributed by atoms with Gasteiger partial charge in [-0.05, 0) is 36.6 Å². The molecule has 1 aliphatic rings. The van der Waals surface area contributed by atoms with Gasteiger partial charge in [-0.2, -0.15) is 0 Å². The van der Waals surface area contributed by atoms with Crippen molar-refractivity contribution in [2.24, 2.45) is 5.92 Å². The van der Waals surface area contributed by atoms with E-state index in [1.807, 2.05) is 13.8 Å². The van der Waals surface area contributed by atoms with Gasteiger partial charge < -0.3 is 14.6 Å². The van der Waals surface area contributed by atoms with E-state index in [2.05, 4.69) is 0 Å². The number of esters is 2. The molecule has 0 amide bonds. The molecule has 0 bridgehead atoms. The molecule has 2 rings (SSSR count). The molecular formula is C21H27FO5. The van der Waals surface area contributed by atoms with Crippen molar-refractivity contribution in [3.05, 3.63) is 41.2 Å². The fraction of sp³-hybridized carbons (Fsp3) is 0.524. The number of carbonyl (C=O) groups is 2. The number of aliphatic hydroxyl groups excluding tert-OH is 1. The molecular weight excluding hydrogens is 351 g/mol. The van der Waals surface area contributed by atoms with E-state index in [4.69, 9.17) is 9.47 Å². The fourth-order valence-electron chi connectivity index (χ4n) is 3.20. The van der Waals surface area contributed by atoms with E-state index in [1.165, 1.54) is 12.1 Å². The van der Waals surface area contributed by atoms with Crippen LogP contribution in [0.3, 0.4) is 0 Å². The van der Waals surface area contributed by atoms with Gasteiger partial charge in [0.1, 0.15) is 12.4 Å². The van der Waals surface area contributed by atoms with Gasteiger partial charge in [0.15, 0.2) is 5.60 Å². The van der Waals surface area contributed by atoms with Crippen molar-refractivity contribution in [1.82, 2.24) is 0 Å². The van der Waals surface area contributed by atoms with Crippen LogP contribution in [0.5, 0.6) is 0 Å². The van der Waals surface area contributed by atoms with Gasteiger partial charge in [0, 0.05) is 12.0 Å². The van der Waals surface area contributed by atoms with Crippen LogP contribution in [0.2, 0.25) is 0 Å². The molecule has 5 nitrogen and oxygen atoms in total. The van der Waals surface area contributed by atoms with E-state index in [9.17, 15) is 19.1 Å². The van der Waals surface area contributed by atoms with Gasteiger partial charge in [0.05, 0.1) is 12.5 Å². The third-order valence-corrected chi connectivity index (χ3v) is 4.67. The summed E-state index contributed by atoms with van der Waals surface area (Å²) in [7, 11) is 0. The minimum absolute atomic E-state index is 0.124. The van der Waals surface area contributed by atoms with Gasteiger partial charge in [0.2, 0.25) is 0 Å². The highest BCUT2D eigenvalue weighted by atomic mass is 19.1. The number of hydrogen-bond donors (Lipinski definition) is 1. The van der Waals surface area contributed by atoms with Gasteiger partial charge >= 0.3 is 11.9 Å². The van der Waals surface area contributed by atoms with E-state index in [0.717, 1.165) is 25.7 Å². The van der Waals surface area contributed by atoms with Crippen LogP contribution in [0.25, 0.3) is 6.08 Å². The van der Waals surface area contributed by atoms with E-state index >= 15 is 0 Å². The van der Waals surface area contributed by atoms with Crippen LogP contribution >= 0.6 is 0 Å². The quantitative estimate of drug-likeness (QED) is 0.525. The highest BCUT2D eigenvalue weighted by Crippen LogP contribution is 2.32. The molecule has 148 valence electrons. The molecule has 1 N–H and O–H groups in total. The van der Waals surface area contributed by atoms with Gasteiger partial charge in [0.25, 0.3) is 0 Å². The number of benzene rings is 1. The predicted molar refractivity (Wildman–Crippen MR) is 99.2 cm³/mol. The second-order valence-corrected chi connectivity index (χ2v) is 7.01. The molecule has 0 radical (unpaired) electrons. The van der Waals surface area contributed by atoms with E-state index in [-0.39, 0.29) is 30.7 Å². The zero-order chi connectivity index (χ0) is 19.9. The lowest BCUT2D eigenvalue weighted by Crippen LogP contribution is -2.40.